The zero-order chi connectivity index (χ0) is 26.8. The van der Waals surface area contributed by atoms with Crippen molar-refractivity contribution in [2.75, 3.05) is 0 Å². The Morgan fingerprint density at radius 3 is 2.68 bits per heavy atom. The molecule has 0 radical (unpaired) electrons. The monoisotopic (exact) mass is 507 g/mol. The standard InChI is InChI=1S/C31H29N3O4/c1-5-31(37)23-14-25-27-20(16-34(25)28(35)21(23)17-38-29(31)36)13-18-9-8-10-19(26(18)33-27)15-32-24-12-7-6-11-22(24)30(2,3)4/h6-15,37H,5,16-17H2,1-4H3/t31-/m0/s1. The Morgan fingerprint density at radius 2 is 1.92 bits per heavy atom. The number of fused-ring (bicyclic) bond motifs is 5. The van der Waals surface area contributed by atoms with E-state index in [0.29, 0.717) is 29.1 Å². The highest BCUT2D eigenvalue weighted by molar-refractivity contribution is 5.99. The fourth-order valence-corrected chi connectivity index (χ4v) is 5.49. The topological polar surface area (TPSA) is 93.8 Å². The van der Waals surface area contributed by atoms with Crippen molar-refractivity contribution >= 4 is 28.8 Å². The molecule has 0 spiro atoms. The molecule has 0 saturated carbocycles. The highest BCUT2D eigenvalue weighted by atomic mass is 16.6. The average Bonchev–Trinajstić information content (AvgIpc) is 3.26. The van der Waals surface area contributed by atoms with Crippen molar-refractivity contribution in [3.05, 3.63) is 92.8 Å². The van der Waals surface area contributed by atoms with Gasteiger partial charge in [-0.05, 0) is 35.6 Å². The largest absolute Gasteiger partial charge is 0.458 e. The molecule has 38 heavy (non-hydrogen) atoms. The van der Waals surface area contributed by atoms with Crippen LogP contribution in [0, 0.1) is 0 Å². The quantitative estimate of drug-likeness (QED) is 0.270. The lowest BCUT2D eigenvalue weighted by Crippen LogP contribution is -2.44. The lowest BCUT2D eigenvalue weighted by molar-refractivity contribution is -0.172. The Balaban J connectivity index is 1.50. The average molecular weight is 508 g/mol. The summed E-state index contributed by atoms with van der Waals surface area (Å²) in [5.74, 6) is -0.726. The summed E-state index contributed by atoms with van der Waals surface area (Å²) >= 11 is 0. The van der Waals surface area contributed by atoms with Crippen molar-refractivity contribution in [2.45, 2.75) is 58.3 Å². The number of esters is 1. The van der Waals surface area contributed by atoms with E-state index in [-0.39, 0.29) is 24.0 Å². The van der Waals surface area contributed by atoms with Gasteiger partial charge in [-0.3, -0.25) is 9.79 Å². The summed E-state index contributed by atoms with van der Waals surface area (Å²) in [6.07, 6.45) is 1.95. The summed E-state index contributed by atoms with van der Waals surface area (Å²) in [6.45, 7) is 8.43. The summed E-state index contributed by atoms with van der Waals surface area (Å²) < 4.78 is 6.82. The van der Waals surface area contributed by atoms with Gasteiger partial charge in [-0.25, -0.2) is 9.78 Å². The summed E-state index contributed by atoms with van der Waals surface area (Å²) in [6, 6.07) is 17.9. The van der Waals surface area contributed by atoms with E-state index in [2.05, 4.69) is 32.9 Å². The number of pyridine rings is 2. The zero-order valence-corrected chi connectivity index (χ0v) is 21.9. The van der Waals surface area contributed by atoms with Crippen LogP contribution in [0.3, 0.4) is 0 Å². The number of aliphatic imine (C=N–C) groups is 1. The van der Waals surface area contributed by atoms with Crippen molar-refractivity contribution in [1.82, 2.24) is 9.55 Å². The van der Waals surface area contributed by atoms with Gasteiger partial charge >= 0.3 is 5.97 Å². The Labute approximate surface area is 220 Å². The normalized spacial score (nSPS) is 18.4. The number of ether oxygens (including phenoxy) is 1. The molecule has 0 amide bonds. The highest BCUT2D eigenvalue weighted by Gasteiger charge is 2.45. The summed E-state index contributed by atoms with van der Waals surface area (Å²) in [4.78, 5) is 35.7. The molecule has 0 aliphatic carbocycles. The molecule has 6 rings (SSSR count). The molecule has 2 aliphatic heterocycles. The summed E-state index contributed by atoms with van der Waals surface area (Å²) in [7, 11) is 0. The summed E-state index contributed by atoms with van der Waals surface area (Å²) in [5, 5.41) is 12.1. The van der Waals surface area contributed by atoms with E-state index in [4.69, 9.17) is 14.7 Å². The first-order valence-electron chi connectivity index (χ1n) is 12.8. The van der Waals surface area contributed by atoms with Crippen LogP contribution in [0.25, 0.3) is 22.3 Å². The summed E-state index contributed by atoms with van der Waals surface area (Å²) in [5.41, 5.74) is 4.36. The van der Waals surface area contributed by atoms with Crippen LogP contribution in [-0.4, -0.2) is 26.8 Å². The second-order valence-electron chi connectivity index (χ2n) is 11.0. The van der Waals surface area contributed by atoms with Crippen molar-refractivity contribution in [3.8, 4) is 11.4 Å². The second kappa shape index (κ2) is 8.46. The van der Waals surface area contributed by atoms with Crippen LogP contribution in [0.4, 0.5) is 5.69 Å². The lowest BCUT2D eigenvalue weighted by atomic mass is 9.86. The molecule has 0 unspecified atom stereocenters. The molecule has 4 heterocycles. The number of hydrogen-bond acceptors (Lipinski definition) is 6. The highest BCUT2D eigenvalue weighted by Crippen LogP contribution is 2.39. The number of aromatic nitrogens is 2. The van der Waals surface area contributed by atoms with Gasteiger partial charge in [0.25, 0.3) is 5.56 Å². The van der Waals surface area contributed by atoms with Crippen molar-refractivity contribution < 1.29 is 14.6 Å². The zero-order valence-electron chi connectivity index (χ0n) is 21.9. The molecule has 2 aromatic carbocycles. The third-order valence-electron chi connectivity index (χ3n) is 7.62. The van der Waals surface area contributed by atoms with Crippen LogP contribution in [-0.2, 0) is 33.7 Å². The number of nitrogens with zero attached hydrogens (tertiary/aromatic N) is 3. The van der Waals surface area contributed by atoms with Crippen LogP contribution in [0.2, 0.25) is 0 Å². The van der Waals surface area contributed by atoms with Crippen LogP contribution in [0.5, 0.6) is 0 Å². The van der Waals surface area contributed by atoms with Gasteiger partial charge in [0, 0.05) is 28.3 Å². The van der Waals surface area contributed by atoms with E-state index in [1.165, 1.54) is 0 Å². The number of carbonyl (C=O) groups is 1. The van der Waals surface area contributed by atoms with Crippen LogP contribution in [0.15, 0.2) is 64.4 Å². The van der Waals surface area contributed by atoms with Crippen molar-refractivity contribution in [2.24, 2.45) is 4.99 Å². The van der Waals surface area contributed by atoms with E-state index >= 15 is 0 Å². The SMILES string of the molecule is CC[C@@]1(O)C(=O)OCc2c1cc1n(c2=O)Cc2cc3cccc(C=Nc4ccccc4C(C)(C)C)c3nc2-1. The number of aliphatic hydroxyl groups is 1. The molecule has 192 valence electrons. The van der Waals surface area contributed by atoms with E-state index in [0.717, 1.165) is 33.3 Å². The van der Waals surface area contributed by atoms with E-state index < -0.39 is 11.6 Å². The Morgan fingerprint density at radius 1 is 1.13 bits per heavy atom. The number of para-hydroxylation sites is 2. The minimum Gasteiger partial charge on any atom is -0.458 e. The van der Waals surface area contributed by atoms with Gasteiger partial charge in [-0.1, -0.05) is 64.1 Å². The second-order valence-corrected chi connectivity index (χ2v) is 11.0. The molecule has 0 fully saturated rings. The Kier molecular flexibility index (Phi) is 5.40. The van der Waals surface area contributed by atoms with Gasteiger partial charge in [-0.15, -0.1) is 0 Å². The van der Waals surface area contributed by atoms with Gasteiger partial charge in [0.05, 0.1) is 34.7 Å². The molecule has 1 atom stereocenters. The maximum Gasteiger partial charge on any atom is 0.343 e. The molecule has 7 nitrogen and oxygen atoms in total. The molecular weight excluding hydrogens is 478 g/mol. The number of benzene rings is 2. The van der Waals surface area contributed by atoms with Gasteiger partial charge in [0.1, 0.15) is 6.61 Å². The number of hydrogen-bond donors (Lipinski definition) is 1. The third kappa shape index (κ3) is 3.61. The molecule has 2 aromatic heterocycles. The number of rotatable bonds is 3. The number of cyclic esters (lactones) is 1. The molecule has 0 saturated heterocycles. The maximum absolute atomic E-state index is 13.4. The molecule has 2 aliphatic rings. The van der Waals surface area contributed by atoms with Crippen molar-refractivity contribution in [3.63, 3.8) is 0 Å². The van der Waals surface area contributed by atoms with Crippen molar-refractivity contribution in [1.29, 1.82) is 0 Å². The molecular formula is C31H29N3O4. The van der Waals surface area contributed by atoms with Crippen LogP contribution < -0.4 is 5.56 Å². The number of carbonyl (C=O) groups excluding carboxylic acids is 1. The van der Waals surface area contributed by atoms with E-state index in [1.807, 2.05) is 42.6 Å². The molecule has 7 heteroatoms. The molecule has 0 bridgehead atoms. The maximum atomic E-state index is 13.4. The molecule has 4 aromatic rings. The van der Waals surface area contributed by atoms with Gasteiger partial charge in [0.2, 0.25) is 0 Å². The first kappa shape index (κ1) is 24.2. The fourth-order valence-electron chi connectivity index (χ4n) is 5.49. The first-order valence-corrected chi connectivity index (χ1v) is 12.8. The van der Waals surface area contributed by atoms with Crippen LogP contribution >= 0.6 is 0 Å². The van der Waals surface area contributed by atoms with Crippen LogP contribution in [0.1, 0.15) is 61.9 Å². The Bertz CT molecular complexity index is 1730. The van der Waals surface area contributed by atoms with Gasteiger partial charge in [0.15, 0.2) is 5.60 Å². The van der Waals surface area contributed by atoms with E-state index in [9.17, 15) is 14.7 Å². The minimum atomic E-state index is -1.85. The van der Waals surface area contributed by atoms with Gasteiger partial charge < -0.3 is 14.4 Å². The van der Waals surface area contributed by atoms with E-state index in [1.54, 1.807) is 17.6 Å². The Hall–Kier alpha value is -4.10. The smallest absolute Gasteiger partial charge is 0.343 e. The van der Waals surface area contributed by atoms with Gasteiger partial charge in [-0.2, -0.15) is 0 Å². The third-order valence-corrected chi connectivity index (χ3v) is 7.62. The lowest BCUT2D eigenvalue weighted by Gasteiger charge is -2.31. The minimum absolute atomic E-state index is 0.0469. The predicted octanol–water partition coefficient (Wildman–Crippen LogP) is 5.13. The fraction of sp³-hybridized carbons (Fsp3) is 0.290. The predicted molar refractivity (Wildman–Crippen MR) is 147 cm³/mol. The molecule has 1 N–H and O–H groups in total. The first-order chi connectivity index (χ1) is 18.1.